The first-order chi connectivity index (χ1) is 7.61. The second-order valence-corrected chi connectivity index (χ2v) is 4.64. The number of hydrogen-bond acceptors (Lipinski definition) is 3. The van der Waals surface area contributed by atoms with E-state index in [9.17, 15) is 10.2 Å². The molecule has 1 saturated carbocycles. The Balaban J connectivity index is 2.03. The largest absolute Gasteiger partial charge is 0.508 e. The number of benzene rings is 1. The van der Waals surface area contributed by atoms with Crippen LogP contribution in [0.1, 0.15) is 38.3 Å². The van der Waals surface area contributed by atoms with Crippen molar-refractivity contribution in [3.8, 4) is 11.5 Å². The van der Waals surface area contributed by atoms with Crippen molar-refractivity contribution in [3.05, 3.63) is 23.8 Å². The molecule has 0 saturated heterocycles. The van der Waals surface area contributed by atoms with Gasteiger partial charge in [0.1, 0.15) is 11.5 Å². The van der Waals surface area contributed by atoms with Crippen LogP contribution in [0.3, 0.4) is 0 Å². The van der Waals surface area contributed by atoms with Crippen LogP contribution in [0.25, 0.3) is 0 Å². The van der Waals surface area contributed by atoms with Crippen molar-refractivity contribution in [3.63, 3.8) is 0 Å². The lowest BCUT2D eigenvalue weighted by Gasteiger charge is -2.15. The minimum Gasteiger partial charge on any atom is -0.508 e. The lowest BCUT2D eigenvalue weighted by molar-refractivity contribution is 0.438. The Morgan fingerprint density at radius 2 is 2.19 bits per heavy atom. The van der Waals surface area contributed by atoms with E-state index in [1.165, 1.54) is 25.0 Å². The van der Waals surface area contributed by atoms with Crippen molar-refractivity contribution in [2.24, 2.45) is 5.92 Å². The third-order valence-corrected chi connectivity index (χ3v) is 3.39. The first-order valence-corrected chi connectivity index (χ1v) is 5.89. The summed E-state index contributed by atoms with van der Waals surface area (Å²) in [6.07, 6.45) is 2.43. The lowest BCUT2D eigenvalue weighted by atomic mass is 10.1. The molecule has 16 heavy (non-hydrogen) atoms. The molecule has 1 aromatic rings. The fourth-order valence-corrected chi connectivity index (χ4v) is 2.20. The molecule has 0 aliphatic heterocycles. The monoisotopic (exact) mass is 221 g/mol. The molecule has 0 radical (unpaired) electrons. The summed E-state index contributed by atoms with van der Waals surface area (Å²) in [5.74, 6) is 1.22. The van der Waals surface area contributed by atoms with E-state index >= 15 is 0 Å². The van der Waals surface area contributed by atoms with Gasteiger partial charge in [0.15, 0.2) is 0 Å². The van der Waals surface area contributed by atoms with Gasteiger partial charge < -0.3 is 15.5 Å². The molecule has 3 unspecified atom stereocenters. The molecule has 1 aliphatic rings. The maximum atomic E-state index is 9.71. The van der Waals surface area contributed by atoms with E-state index in [1.54, 1.807) is 6.07 Å². The number of phenols is 2. The molecular formula is C13H19NO2. The summed E-state index contributed by atoms with van der Waals surface area (Å²) < 4.78 is 0. The maximum Gasteiger partial charge on any atom is 0.120 e. The molecular weight excluding hydrogens is 202 g/mol. The molecule has 1 aliphatic carbocycles. The highest BCUT2D eigenvalue weighted by molar-refractivity contribution is 5.40. The van der Waals surface area contributed by atoms with Gasteiger partial charge >= 0.3 is 0 Å². The first kappa shape index (κ1) is 11.3. The Hall–Kier alpha value is -1.22. The molecule has 88 valence electrons. The lowest BCUT2D eigenvalue weighted by Crippen LogP contribution is -2.22. The highest BCUT2D eigenvalue weighted by atomic mass is 16.3. The van der Waals surface area contributed by atoms with E-state index in [0.29, 0.717) is 6.04 Å². The zero-order valence-corrected chi connectivity index (χ0v) is 9.77. The van der Waals surface area contributed by atoms with Gasteiger partial charge in [-0.05, 0) is 37.5 Å². The van der Waals surface area contributed by atoms with Crippen molar-refractivity contribution in [2.45, 2.75) is 38.8 Å². The van der Waals surface area contributed by atoms with Gasteiger partial charge in [0.25, 0.3) is 0 Å². The quantitative estimate of drug-likeness (QED) is 0.685. The smallest absolute Gasteiger partial charge is 0.120 e. The van der Waals surface area contributed by atoms with Crippen LogP contribution >= 0.6 is 0 Å². The van der Waals surface area contributed by atoms with Crippen LogP contribution in [-0.2, 0) is 0 Å². The molecule has 1 aromatic carbocycles. The molecule has 3 atom stereocenters. The Morgan fingerprint density at radius 1 is 1.44 bits per heavy atom. The average molecular weight is 221 g/mol. The molecule has 0 spiro atoms. The SMILES string of the molecule is CCC1CC1NC(C)c1cc(O)ccc1O. The molecule has 0 heterocycles. The standard InChI is InChI=1S/C13H19NO2/c1-3-9-6-12(9)14-8(2)11-7-10(15)4-5-13(11)16/h4-5,7-9,12,14-16H,3,6H2,1-2H3. The van der Waals surface area contributed by atoms with Crippen molar-refractivity contribution in [2.75, 3.05) is 0 Å². The van der Waals surface area contributed by atoms with Crippen LogP contribution in [0.15, 0.2) is 18.2 Å². The zero-order valence-electron chi connectivity index (χ0n) is 9.77. The topological polar surface area (TPSA) is 52.5 Å². The molecule has 2 rings (SSSR count). The van der Waals surface area contributed by atoms with Gasteiger partial charge in [0, 0.05) is 17.6 Å². The normalized spacial score (nSPS) is 25.4. The summed E-state index contributed by atoms with van der Waals surface area (Å²) in [5.41, 5.74) is 0.766. The summed E-state index contributed by atoms with van der Waals surface area (Å²) in [6, 6.07) is 5.30. The van der Waals surface area contributed by atoms with E-state index in [2.05, 4.69) is 12.2 Å². The van der Waals surface area contributed by atoms with Crippen LogP contribution in [0, 0.1) is 5.92 Å². The highest BCUT2D eigenvalue weighted by Gasteiger charge is 2.36. The van der Waals surface area contributed by atoms with Crippen LogP contribution in [0.4, 0.5) is 0 Å². The predicted octanol–water partition coefficient (Wildman–Crippen LogP) is 2.55. The number of hydrogen-bond donors (Lipinski definition) is 3. The second kappa shape index (κ2) is 4.34. The van der Waals surface area contributed by atoms with Crippen molar-refractivity contribution >= 4 is 0 Å². The summed E-state index contributed by atoms with van der Waals surface area (Å²) in [6.45, 7) is 4.21. The number of nitrogens with one attached hydrogen (secondary N) is 1. The molecule has 1 fully saturated rings. The first-order valence-electron chi connectivity index (χ1n) is 5.89. The fraction of sp³-hybridized carbons (Fsp3) is 0.538. The summed E-state index contributed by atoms with van der Waals surface area (Å²) in [4.78, 5) is 0. The molecule has 0 aromatic heterocycles. The van der Waals surface area contributed by atoms with Crippen molar-refractivity contribution in [1.82, 2.24) is 5.32 Å². The molecule has 0 bridgehead atoms. The van der Waals surface area contributed by atoms with Gasteiger partial charge in [0.05, 0.1) is 0 Å². The van der Waals surface area contributed by atoms with Gasteiger partial charge in [-0.3, -0.25) is 0 Å². The summed E-state index contributed by atoms with van der Waals surface area (Å²) >= 11 is 0. The minimum atomic E-state index is 0.0775. The highest BCUT2D eigenvalue weighted by Crippen LogP contribution is 2.36. The molecule has 3 nitrogen and oxygen atoms in total. The van der Waals surface area contributed by atoms with E-state index in [-0.39, 0.29) is 17.5 Å². The van der Waals surface area contributed by atoms with E-state index < -0.39 is 0 Å². The fourth-order valence-electron chi connectivity index (χ4n) is 2.20. The molecule has 3 heteroatoms. The van der Waals surface area contributed by atoms with Gasteiger partial charge in [-0.15, -0.1) is 0 Å². The Morgan fingerprint density at radius 3 is 2.81 bits per heavy atom. The maximum absolute atomic E-state index is 9.71. The number of aromatic hydroxyl groups is 2. The van der Waals surface area contributed by atoms with E-state index in [0.717, 1.165) is 11.5 Å². The zero-order chi connectivity index (χ0) is 11.7. The van der Waals surface area contributed by atoms with Crippen LogP contribution in [0.5, 0.6) is 11.5 Å². The van der Waals surface area contributed by atoms with Gasteiger partial charge in [-0.1, -0.05) is 13.3 Å². The third-order valence-electron chi connectivity index (χ3n) is 3.39. The molecule has 3 N–H and O–H groups in total. The third kappa shape index (κ3) is 2.30. The molecule has 0 amide bonds. The van der Waals surface area contributed by atoms with E-state index in [4.69, 9.17) is 0 Å². The van der Waals surface area contributed by atoms with Crippen LogP contribution in [0.2, 0.25) is 0 Å². The summed E-state index contributed by atoms with van der Waals surface area (Å²) in [7, 11) is 0. The van der Waals surface area contributed by atoms with Crippen molar-refractivity contribution < 1.29 is 10.2 Å². The van der Waals surface area contributed by atoms with Crippen LogP contribution in [-0.4, -0.2) is 16.3 Å². The summed E-state index contributed by atoms with van der Waals surface area (Å²) in [5, 5.41) is 22.6. The minimum absolute atomic E-state index is 0.0775. The van der Waals surface area contributed by atoms with Gasteiger partial charge in [0.2, 0.25) is 0 Å². The average Bonchev–Trinajstić information content (AvgIpc) is 3.00. The van der Waals surface area contributed by atoms with E-state index in [1.807, 2.05) is 6.92 Å². The Kier molecular flexibility index (Phi) is 3.06. The Bertz CT molecular complexity index is 378. The Labute approximate surface area is 96.1 Å². The van der Waals surface area contributed by atoms with Crippen molar-refractivity contribution in [1.29, 1.82) is 0 Å². The predicted molar refractivity (Wildman–Crippen MR) is 63.5 cm³/mol. The van der Waals surface area contributed by atoms with Crippen LogP contribution < -0.4 is 5.32 Å². The second-order valence-electron chi connectivity index (χ2n) is 4.64. The number of phenolic OH excluding ortho intramolecular Hbond substituents is 2. The van der Waals surface area contributed by atoms with Gasteiger partial charge in [-0.2, -0.15) is 0 Å². The van der Waals surface area contributed by atoms with Gasteiger partial charge in [-0.25, -0.2) is 0 Å². The number of rotatable bonds is 4.